The summed E-state index contributed by atoms with van der Waals surface area (Å²) in [5, 5.41) is 4.59. The summed E-state index contributed by atoms with van der Waals surface area (Å²) in [5.41, 5.74) is 2.40. The van der Waals surface area contributed by atoms with Crippen molar-refractivity contribution in [2.45, 2.75) is 25.8 Å². The third-order valence-corrected chi connectivity index (χ3v) is 3.19. The molecule has 1 N–H and O–H groups in total. The van der Waals surface area contributed by atoms with Crippen LogP contribution in [0.1, 0.15) is 19.4 Å². The van der Waals surface area contributed by atoms with E-state index >= 15 is 0 Å². The average molecular weight is 228 g/mol. The van der Waals surface area contributed by atoms with Crippen LogP contribution in [0.5, 0.6) is 5.75 Å². The standard InChI is InChI=1S/C14H16N2O/c1-14(2)8-10-6-9-7-11(17-3)4-5-12(9)15-13(10)16-14/h4-7H,8H2,1-3H3,(H,15,16). The maximum atomic E-state index is 5.24. The summed E-state index contributed by atoms with van der Waals surface area (Å²) < 4.78 is 5.24. The monoisotopic (exact) mass is 228 g/mol. The van der Waals surface area contributed by atoms with Crippen molar-refractivity contribution in [1.82, 2.24) is 4.98 Å². The summed E-state index contributed by atoms with van der Waals surface area (Å²) in [6.07, 6.45) is 1.02. The Balaban J connectivity index is 2.16. The molecule has 3 heteroatoms. The zero-order chi connectivity index (χ0) is 12.0. The molecule has 3 nitrogen and oxygen atoms in total. The molecule has 0 fully saturated rings. The van der Waals surface area contributed by atoms with Gasteiger partial charge in [0.25, 0.3) is 0 Å². The predicted molar refractivity (Wildman–Crippen MR) is 69.7 cm³/mol. The lowest BCUT2D eigenvalue weighted by Crippen LogP contribution is -2.27. The summed E-state index contributed by atoms with van der Waals surface area (Å²) in [5.74, 6) is 1.90. The number of aromatic nitrogens is 1. The summed E-state index contributed by atoms with van der Waals surface area (Å²) in [4.78, 5) is 4.66. The van der Waals surface area contributed by atoms with Gasteiger partial charge in [-0.1, -0.05) is 0 Å². The van der Waals surface area contributed by atoms with Gasteiger partial charge in [0, 0.05) is 10.9 Å². The summed E-state index contributed by atoms with van der Waals surface area (Å²) >= 11 is 0. The molecular weight excluding hydrogens is 212 g/mol. The number of hydrogen-bond acceptors (Lipinski definition) is 3. The van der Waals surface area contributed by atoms with E-state index in [2.05, 4.69) is 30.2 Å². The van der Waals surface area contributed by atoms with E-state index in [9.17, 15) is 0 Å². The molecule has 1 aromatic carbocycles. The summed E-state index contributed by atoms with van der Waals surface area (Å²) in [7, 11) is 1.69. The number of anilines is 1. The van der Waals surface area contributed by atoms with E-state index in [4.69, 9.17) is 4.74 Å². The molecule has 0 amide bonds. The molecule has 0 bridgehead atoms. The second-order valence-corrected chi connectivity index (χ2v) is 5.24. The molecule has 0 saturated carbocycles. The number of rotatable bonds is 1. The molecular formula is C14H16N2O. The maximum Gasteiger partial charge on any atom is 0.130 e. The Morgan fingerprint density at radius 1 is 1.29 bits per heavy atom. The van der Waals surface area contributed by atoms with Crippen LogP contribution in [0, 0.1) is 0 Å². The van der Waals surface area contributed by atoms with Crippen molar-refractivity contribution < 1.29 is 4.74 Å². The highest BCUT2D eigenvalue weighted by atomic mass is 16.5. The van der Waals surface area contributed by atoms with Gasteiger partial charge in [-0.2, -0.15) is 0 Å². The van der Waals surface area contributed by atoms with E-state index in [0.29, 0.717) is 0 Å². The molecule has 2 aromatic rings. The van der Waals surface area contributed by atoms with Crippen molar-refractivity contribution in [2.75, 3.05) is 12.4 Å². The number of pyridine rings is 1. The number of ether oxygens (including phenoxy) is 1. The van der Waals surface area contributed by atoms with E-state index in [1.165, 1.54) is 5.56 Å². The largest absolute Gasteiger partial charge is 0.497 e. The van der Waals surface area contributed by atoms with Crippen LogP contribution in [-0.2, 0) is 6.42 Å². The summed E-state index contributed by atoms with van der Waals surface area (Å²) in [6.45, 7) is 4.39. The topological polar surface area (TPSA) is 34.1 Å². The van der Waals surface area contributed by atoms with Crippen molar-refractivity contribution in [2.24, 2.45) is 0 Å². The molecule has 2 heterocycles. The van der Waals surface area contributed by atoms with Crippen molar-refractivity contribution in [1.29, 1.82) is 0 Å². The van der Waals surface area contributed by atoms with Crippen LogP contribution < -0.4 is 10.1 Å². The fourth-order valence-electron chi connectivity index (χ4n) is 2.41. The third-order valence-electron chi connectivity index (χ3n) is 3.19. The number of methoxy groups -OCH3 is 1. The number of benzene rings is 1. The fourth-order valence-corrected chi connectivity index (χ4v) is 2.41. The Kier molecular flexibility index (Phi) is 2.05. The first-order valence-corrected chi connectivity index (χ1v) is 5.83. The lowest BCUT2D eigenvalue weighted by atomic mass is 10.0. The Hall–Kier alpha value is -1.77. The zero-order valence-corrected chi connectivity index (χ0v) is 10.4. The van der Waals surface area contributed by atoms with Crippen molar-refractivity contribution >= 4 is 16.7 Å². The Bertz CT molecular complexity index is 590. The SMILES string of the molecule is COc1ccc2nc3c(cc2c1)CC(C)(C)N3. The van der Waals surface area contributed by atoms with Crippen molar-refractivity contribution in [3.63, 3.8) is 0 Å². The number of hydrogen-bond donors (Lipinski definition) is 1. The highest BCUT2D eigenvalue weighted by molar-refractivity contribution is 5.84. The van der Waals surface area contributed by atoms with Crippen LogP contribution in [0.3, 0.4) is 0 Å². The van der Waals surface area contributed by atoms with Gasteiger partial charge in [0.2, 0.25) is 0 Å². The van der Waals surface area contributed by atoms with Crippen LogP contribution in [0.4, 0.5) is 5.82 Å². The molecule has 3 rings (SSSR count). The summed E-state index contributed by atoms with van der Waals surface area (Å²) in [6, 6.07) is 8.19. The zero-order valence-electron chi connectivity index (χ0n) is 10.4. The van der Waals surface area contributed by atoms with Gasteiger partial charge in [-0.05, 0) is 50.1 Å². The van der Waals surface area contributed by atoms with Crippen molar-refractivity contribution in [3.8, 4) is 5.75 Å². The highest BCUT2D eigenvalue weighted by Gasteiger charge is 2.28. The van der Waals surface area contributed by atoms with Crippen LogP contribution in [-0.4, -0.2) is 17.6 Å². The molecule has 0 aliphatic carbocycles. The smallest absolute Gasteiger partial charge is 0.130 e. The van der Waals surface area contributed by atoms with Gasteiger partial charge in [-0.15, -0.1) is 0 Å². The molecule has 0 unspecified atom stereocenters. The molecule has 17 heavy (non-hydrogen) atoms. The van der Waals surface area contributed by atoms with E-state index in [-0.39, 0.29) is 5.54 Å². The Labute approximate surface area is 101 Å². The molecule has 0 radical (unpaired) electrons. The van der Waals surface area contributed by atoms with Crippen LogP contribution >= 0.6 is 0 Å². The second kappa shape index (κ2) is 3.36. The quantitative estimate of drug-likeness (QED) is 0.814. The maximum absolute atomic E-state index is 5.24. The molecule has 1 aliphatic heterocycles. The van der Waals surface area contributed by atoms with E-state index in [0.717, 1.165) is 28.9 Å². The van der Waals surface area contributed by atoms with E-state index in [1.54, 1.807) is 7.11 Å². The van der Waals surface area contributed by atoms with E-state index in [1.807, 2.05) is 18.2 Å². The highest BCUT2D eigenvalue weighted by Crippen LogP contribution is 2.33. The van der Waals surface area contributed by atoms with Crippen LogP contribution in [0.15, 0.2) is 24.3 Å². The number of nitrogens with one attached hydrogen (secondary N) is 1. The predicted octanol–water partition coefficient (Wildman–Crippen LogP) is 2.99. The first-order valence-electron chi connectivity index (χ1n) is 5.83. The van der Waals surface area contributed by atoms with Gasteiger partial charge < -0.3 is 10.1 Å². The minimum atomic E-state index is 0.108. The lowest BCUT2D eigenvalue weighted by molar-refractivity contribution is 0.415. The normalized spacial score (nSPS) is 16.6. The van der Waals surface area contributed by atoms with Gasteiger partial charge in [-0.25, -0.2) is 4.98 Å². The first kappa shape index (κ1) is 10.4. The van der Waals surface area contributed by atoms with Crippen LogP contribution in [0.2, 0.25) is 0 Å². The van der Waals surface area contributed by atoms with Gasteiger partial charge in [0.05, 0.1) is 12.6 Å². The van der Waals surface area contributed by atoms with Gasteiger partial charge in [-0.3, -0.25) is 0 Å². The molecule has 0 spiro atoms. The third kappa shape index (κ3) is 1.71. The number of nitrogens with zero attached hydrogens (tertiary/aromatic N) is 1. The Morgan fingerprint density at radius 3 is 2.88 bits per heavy atom. The Morgan fingerprint density at radius 2 is 2.12 bits per heavy atom. The fraction of sp³-hybridized carbons (Fsp3) is 0.357. The van der Waals surface area contributed by atoms with Crippen molar-refractivity contribution in [3.05, 3.63) is 29.8 Å². The number of fused-ring (bicyclic) bond motifs is 2. The van der Waals surface area contributed by atoms with Gasteiger partial charge in [0.15, 0.2) is 0 Å². The molecule has 88 valence electrons. The molecule has 1 aromatic heterocycles. The average Bonchev–Trinajstić information content (AvgIpc) is 2.57. The second-order valence-electron chi connectivity index (χ2n) is 5.24. The molecule has 0 atom stereocenters. The lowest BCUT2D eigenvalue weighted by Gasteiger charge is -2.17. The minimum Gasteiger partial charge on any atom is -0.497 e. The molecule has 0 saturated heterocycles. The first-order chi connectivity index (χ1) is 8.07. The van der Waals surface area contributed by atoms with E-state index < -0.39 is 0 Å². The van der Waals surface area contributed by atoms with Gasteiger partial charge in [0.1, 0.15) is 11.6 Å². The van der Waals surface area contributed by atoms with Gasteiger partial charge >= 0.3 is 0 Å². The minimum absolute atomic E-state index is 0.108. The molecule has 1 aliphatic rings. The van der Waals surface area contributed by atoms with Crippen LogP contribution in [0.25, 0.3) is 10.9 Å².